The van der Waals surface area contributed by atoms with E-state index in [1.165, 1.54) is 11.1 Å². The van der Waals surface area contributed by atoms with Crippen molar-refractivity contribution in [3.63, 3.8) is 0 Å². The number of carboxylic acid groups (broad SMARTS) is 2. The molecule has 0 saturated carbocycles. The van der Waals surface area contributed by atoms with Crippen LogP contribution >= 0.6 is 0 Å². The van der Waals surface area contributed by atoms with Gasteiger partial charge in [-0.25, -0.2) is 4.79 Å². The van der Waals surface area contributed by atoms with Crippen LogP contribution in [0.4, 0.5) is 0 Å². The maximum absolute atomic E-state index is 11.1. The Morgan fingerprint density at radius 3 is 2.53 bits per heavy atom. The van der Waals surface area contributed by atoms with E-state index in [4.69, 9.17) is 14.9 Å². The number of hydrogen-bond acceptors (Lipinski definition) is 4. The largest absolute Gasteiger partial charge is 0.496 e. The number of aromatic carboxylic acids is 1. The summed E-state index contributed by atoms with van der Waals surface area (Å²) >= 11 is 0. The third-order valence-corrected chi connectivity index (χ3v) is 5.83. The number of methoxy groups -OCH3 is 1. The number of fused-ring (bicyclic) bond motifs is 1. The van der Waals surface area contributed by atoms with Crippen LogP contribution in [0.5, 0.6) is 5.75 Å². The van der Waals surface area contributed by atoms with E-state index in [0.29, 0.717) is 19.0 Å². The zero-order valence-corrected chi connectivity index (χ0v) is 17.3. The van der Waals surface area contributed by atoms with Crippen molar-refractivity contribution in [1.29, 1.82) is 0 Å². The van der Waals surface area contributed by atoms with Gasteiger partial charge in [-0.2, -0.15) is 0 Å². The smallest absolute Gasteiger partial charge is 0.335 e. The van der Waals surface area contributed by atoms with Gasteiger partial charge in [0.05, 0.1) is 12.7 Å². The summed E-state index contributed by atoms with van der Waals surface area (Å²) in [5.41, 5.74) is 3.93. The molecule has 1 aliphatic rings. The van der Waals surface area contributed by atoms with Gasteiger partial charge in [0.25, 0.3) is 0 Å². The van der Waals surface area contributed by atoms with Crippen LogP contribution in [0.3, 0.4) is 0 Å². The van der Waals surface area contributed by atoms with Crippen LogP contribution in [-0.2, 0) is 24.2 Å². The summed E-state index contributed by atoms with van der Waals surface area (Å²) in [6.45, 7) is 1.52. The van der Waals surface area contributed by atoms with Gasteiger partial charge in [-0.15, -0.1) is 0 Å². The highest BCUT2D eigenvalue weighted by Gasteiger charge is 2.26. The van der Waals surface area contributed by atoms with Crippen LogP contribution in [0.25, 0.3) is 0 Å². The fourth-order valence-corrected chi connectivity index (χ4v) is 4.21. The minimum atomic E-state index is -0.928. The predicted octanol–water partition coefficient (Wildman–Crippen LogP) is 4.01. The van der Waals surface area contributed by atoms with Gasteiger partial charge < -0.3 is 14.9 Å². The maximum Gasteiger partial charge on any atom is 0.335 e. The summed E-state index contributed by atoms with van der Waals surface area (Å²) in [6.07, 6.45) is 4.56. The summed E-state index contributed by atoms with van der Waals surface area (Å²) in [5.74, 6) is -0.765. The Bertz CT molecular complexity index is 863. The molecular weight excluding hydrogens is 382 g/mol. The van der Waals surface area contributed by atoms with Crippen molar-refractivity contribution < 1.29 is 24.5 Å². The van der Waals surface area contributed by atoms with Gasteiger partial charge in [-0.3, -0.25) is 9.69 Å². The quantitative estimate of drug-likeness (QED) is 0.575. The van der Waals surface area contributed by atoms with Gasteiger partial charge in [0.15, 0.2) is 0 Å². The Morgan fingerprint density at radius 1 is 1.10 bits per heavy atom. The molecule has 0 radical (unpaired) electrons. The maximum atomic E-state index is 11.1. The highest BCUT2D eigenvalue weighted by molar-refractivity contribution is 5.87. The molecule has 1 aliphatic carbocycles. The lowest BCUT2D eigenvalue weighted by molar-refractivity contribution is -0.137. The number of aryl methyl sites for hydroxylation is 1. The second-order valence-corrected chi connectivity index (χ2v) is 7.82. The van der Waals surface area contributed by atoms with Crippen LogP contribution in [0.2, 0.25) is 0 Å². The van der Waals surface area contributed by atoms with E-state index < -0.39 is 11.9 Å². The molecule has 0 aromatic heterocycles. The normalized spacial score (nSPS) is 15.6. The fourth-order valence-electron chi connectivity index (χ4n) is 4.21. The second-order valence-electron chi connectivity index (χ2n) is 7.82. The first-order valence-corrected chi connectivity index (χ1v) is 10.4. The van der Waals surface area contributed by atoms with Crippen molar-refractivity contribution in [3.8, 4) is 5.75 Å². The Kier molecular flexibility index (Phi) is 7.46. The number of carboxylic acids is 2. The molecule has 2 N–H and O–H groups in total. The first-order chi connectivity index (χ1) is 14.5. The molecule has 0 amide bonds. The van der Waals surface area contributed by atoms with Gasteiger partial charge in [0.2, 0.25) is 0 Å². The molecule has 30 heavy (non-hydrogen) atoms. The number of rotatable bonds is 10. The monoisotopic (exact) mass is 411 g/mol. The van der Waals surface area contributed by atoms with E-state index in [-0.39, 0.29) is 12.0 Å². The molecule has 0 heterocycles. The minimum Gasteiger partial charge on any atom is -0.496 e. The molecular formula is C24H29NO5. The molecule has 3 rings (SSSR count). The fraction of sp³-hybridized carbons (Fsp3) is 0.417. The Morgan fingerprint density at radius 2 is 1.87 bits per heavy atom. The molecule has 0 bridgehead atoms. The number of nitrogens with zero attached hydrogens (tertiary/aromatic N) is 1. The topological polar surface area (TPSA) is 87.1 Å². The SMILES string of the molecule is COc1cccc2c1CC(N(CCCCC(=O)O)Cc1ccc(C(=O)O)cc1)CC2. The van der Waals surface area contributed by atoms with Crippen molar-refractivity contribution in [2.24, 2.45) is 0 Å². The lowest BCUT2D eigenvalue weighted by Gasteiger charge is -2.36. The molecule has 1 atom stereocenters. The number of benzene rings is 2. The number of hydrogen-bond donors (Lipinski definition) is 2. The summed E-state index contributed by atoms with van der Waals surface area (Å²) in [4.78, 5) is 24.4. The van der Waals surface area contributed by atoms with E-state index in [0.717, 1.165) is 43.5 Å². The molecule has 2 aromatic rings. The number of unbranched alkanes of at least 4 members (excludes halogenated alkanes) is 1. The van der Waals surface area contributed by atoms with Crippen molar-refractivity contribution in [1.82, 2.24) is 4.90 Å². The van der Waals surface area contributed by atoms with E-state index in [1.54, 1.807) is 19.2 Å². The second kappa shape index (κ2) is 10.3. The molecule has 2 aromatic carbocycles. The Hall–Kier alpha value is -2.86. The Labute approximate surface area is 177 Å². The average molecular weight is 411 g/mol. The van der Waals surface area contributed by atoms with E-state index in [9.17, 15) is 9.59 Å². The molecule has 0 fully saturated rings. The van der Waals surface area contributed by atoms with Crippen LogP contribution in [0.1, 0.15) is 52.7 Å². The standard InChI is InChI=1S/C24H29NO5/c1-30-22-6-4-5-18-12-13-20(15-21(18)22)25(14-3-2-7-23(26)27)16-17-8-10-19(11-9-17)24(28)29/h4-6,8-11,20H,2-3,7,12-16H2,1H3,(H,26,27)(H,28,29). The zero-order valence-electron chi connectivity index (χ0n) is 17.3. The highest BCUT2D eigenvalue weighted by atomic mass is 16.5. The highest BCUT2D eigenvalue weighted by Crippen LogP contribution is 2.32. The molecule has 6 heteroatoms. The van der Waals surface area contributed by atoms with Crippen molar-refractivity contribution in [2.75, 3.05) is 13.7 Å². The lowest BCUT2D eigenvalue weighted by atomic mass is 9.86. The summed E-state index contributed by atoms with van der Waals surface area (Å²) in [7, 11) is 1.70. The lowest BCUT2D eigenvalue weighted by Crippen LogP contribution is -2.39. The van der Waals surface area contributed by atoms with Crippen LogP contribution in [0, 0.1) is 0 Å². The van der Waals surface area contributed by atoms with Gasteiger partial charge >= 0.3 is 11.9 Å². The third kappa shape index (κ3) is 5.60. The summed E-state index contributed by atoms with van der Waals surface area (Å²) in [6, 6.07) is 13.5. The van der Waals surface area contributed by atoms with Gasteiger partial charge in [-0.1, -0.05) is 24.3 Å². The van der Waals surface area contributed by atoms with Crippen LogP contribution < -0.4 is 4.74 Å². The molecule has 0 aliphatic heterocycles. The van der Waals surface area contributed by atoms with Gasteiger partial charge in [0.1, 0.15) is 5.75 Å². The van der Waals surface area contributed by atoms with Crippen LogP contribution in [-0.4, -0.2) is 46.7 Å². The average Bonchev–Trinajstić information content (AvgIpc) is 2.75. The van der Waals surface area contributed by atoms with E-state index in [1.807, 2.05) is 24.3 Å². The minimum absolute atomic E-state index is 0.183. The van der Waals surface area contributed by atoms with E-state index in [2.05, 4.69) is 11.0 Å². The van der Waals surface area contributed by atoms with Crippen LogP contribution in [0.15, 0.2) is 42.5 Å². The summed E-state index contributed by atoms with van der Waals surface area (Å²) in [5, 5.41) is 18.0. The molecule has 0 saturated heterocycles. The molecule has 1 unspecified atom stereocenters. The first-order valence-electron chi connectivity index (χ1n) is 10.4. The molecule has 160 valence electrons. The zero-order chi connectivity index (χ0) is 21.5. The first kappa shape index (κ1) is 21.8. The number of ether oxygens (including phenoxy) is 1. The van der Waals surface area contributed by atoms with Gasteiger partial charge in [0, 0.05) is 19.0 Å². The van der Waals surface area contributed by atoms with Crippen molar-refractivity contribution >= 4 is 11.9 Å². The summed E-state index contributed by atoms with van der Waals surface area (Å²) < 4.78 is 5.58. The predicted molar refractivity (Wildman–Crippen MR) is 114 cm³/mol. The van der Waals surface area contributed by atoms with E-state index >= 15 is 0 Å². The van der Waals surface area contributed by atoms with Crippen molar-refractivity contribution in [3.05, 3.63) is 64.7 Å². The molecule has 0 spiro atoms. The molecule has 6 nitrogen and oxygen atoms in total. The Balaban J connectivity index is 1.75. The number of carbonyl (C=O) groups is 2. The van der Waals surface area contributed by atoms with Gasteiger partial charge in [-0.05, 0) is 73.5 Å². The third-order valence-electron chi connectivity index (χ3n) is 5.83. The van der Waals surface area contributed by atoms with Crippen molar-refractivity contribution in [2.45, 2.75) is 51.1 Å². The number of aliphatic carboxylic acids is 1.